The van der Waals surface area contributed by atoms with Crippen LogP contribution in [0.25, 0.3) is 0 Å². The lowest BCUT2D eigenvalue weighted by Crippen LogP contribution is -2.36. The summed E-state index contributed by atoms with van der Waals surface area (Å²) in [6, 6.07) is 11.5. The number of methoxy groups -OCH3 is 1. The van der Waals surface area contributed by atoms with E-state index >= 15 is 0 Å². The predicted octanol–water partition coefficient (Wildman–Crippen LogP) is 6.51. The molecule has 1 aromatic carbocycles. The Morgan fingerprint density at radius 3 is 2.33 bits per heavy atom. The molecule has 2 nitrogen and oxygen atoms in total. The third-order valence-electron chi connectivity index (χ3n) is 4.98. The Balaban J connectivity index is 2.60. The van der Waals surface area contributed by atoms with Crippen molar-refractivity contribution in [2.75, 3.05) is 7.11 Å². The summed E-state index contributed by atoms with van der Waals surface area (Å²) in [6.45, 7) is 12.1. The van der Waals surface area contributed by atoms with Gasteiger partial charge in [-0.1, -0.05) is 76.3 Å². The van der Waals surface area contributed by atoms with E-state index in [0.717, 1.165) is 22.6 Å². The normalized spacial score (nSPS) is 13.0. The lowest BCUT2D eigenvalue weighted by Gasteiger charge is -2.37. The second-order valence-electron chi connectivity index (χ2n) is 7.89. The second kappa shape index (κ2) is 9.47. The minimum absolute atomic E-state index is 0.266. The molecular formula is C20H32O2SSi. The fourth-order valence-corrected chi connectivity index (χ4v) is 5.11. The molecule has 0 aliphatic carbocycles. The van der Waals surface area contributed by atoms with E-state index in [4.69, 9.17) is 4.74 Å². The maximum atomic E-state index is 11.6. The summed E-state index contributed by atoms with van der Waals surface area (Å²) in [5.41, 5.74) is 0. The highest BCUT2D eigenvalue weighted by Crippen LogP contribution is 2.40. The van der Waals surface area contributed by atoms with E-state index in [9.17, 15) is 4.79 Å². The third-order valence-corrected chi connectivity index (χ3v) is 11.7. The minimum atomic E-state index is -1.21. The second-order valence-corrected chi connectivity index (χ2v) is 14.9. The number of hydrogen-bond acceptors (Lipinski definition) is 3. The van der Waals surface area contributed by atoms with Gasteiger partial charge in [0.2, 0.25) is 0 Å². The van der Waals surface area contributed by atoms with Crippen LogP contribution in [0.5, 0.6) is 0 Å². The average molecular weight is 365 g/mol. The van der Waals surface area contributed by atoms with Gasteiger partial charge in [0.15, 0.2) is 0 Å². The molecule has 0 aliphatic rings. The zero-order chi connectivity index (χ0) is 18.2. The van der Waals surface area contributed by atoms with Crippen molar-refractivity contribution in [2.45, 2.75) is 69.1 Å². The molecule has 0 fully saturated rings. The first-order chi connectivity index (χ1) is 11.2. The summed E-state index contributed by atoms with van der Waals surface area (Å²) in [6.07, 6.45) is 4.92. The first-order valence-electron chi connectivity index (χ1n) is 8.67. The van der Waals surface area contributed by atoms with Crippen molar-refractivity contribution in [3.63, 3.8) is 0 Å². The molecule has 24 heavy (non-hydrogen) atoms. The number of unbranched alkanes of at least 4 members (excludes halogenated alkanes) is 1. The van der Waals surface area contributed by atoms with Gasteiger partial charge in [-0.2, -0.15) is 0 Å². The quantitative estimate of drug-likeness (QED) is 0.173. The molecule has 1 aromatic rings. The van der Waals surface area contributed by atoms with Crippen molar-refractivity contribution in [3.05, 3.63) is 41.3 Å². The van der Waals surface area contributed by atoms with Crippen molar-refractivity contribution in [3.8, 4) is 0 Å². The van der Waals surface area contributed by atoms with E-state index in [1.54, 1.807) is 17.8 Å². The maximum Gasteiger partial charge on any atom is 0.331 e. The molecule has 0 N–H and O–H groups in total. The highest BCUT2D eigenvalue weighted by Gasteiger charge is 2.33. The van der Waals surface area contributed by atoms with Gasteiger partial charge < -0.3 is 4.74 Å². The number of rotatable bonds is 8. The van der Waals surface area contributed by atoms with Crippen LogP contribution in [0, 0.1) is 0 Å². The standard InChI is InChI=1S/C20H32O2SSi/c1-20(2,3)24(5,6)15-11-10-14-18(16-19(21)22-4)23-17-12-8-7-9-13-17/h7-9,12-13,16H,10-11,14-15H2,1-6H3/b18-16-. The van der Waals surface area contributed by atoms with Crippen LogP contribution in [-0.4, -0.2) is 21.2 Å². The molecule has 0 atom stereocenters. The molecule has 134 valence electrons. The average Bonchev–Trinajstić information content (AvgIpc) is 2.51. The fraction of sp³-hybridized carbons (Fsp3) is 0.550. The smallest absolute Gasteiger partial charge is 0.331 e. The van der Waals surface area contributed by atoms with Crippen molar-refractivity contribution < 1.29 is 9.53 Å². The summed E-state index contributed by atoms with van der Waals surface area (Å²) in [7, 11) is 0.224. The van der Waals surface area contributed by atoms with Gasteiger partial charge in [0.25, 0.3) is 0 Å². The van der Waals surface area contributed by atoms with E-state index in [2.05, 4.69) is 46.0 Å². The van der Waals surface area contributed by atoms with Crippen molar-refractivity contribution in [1.29, 1.82) is 0 Å². The predicted molar refractivity (Wildman–Crippen MR) is 108 cm³/mol. The van der Waals surface area contributed by atoms with Gasteiger partial charge >= 0.3 is 5.97 Å². The van der Waals surface area contributed by atoms with E-state index in [-0.39, 0.29) is 5.97 Å². The van der Waals surface area contributed by atoms with Gasteiger partial charge in [0.05, 0.1) is 15.2 Å². The molecule has 0 saturated heterocycles. The lowest BCUT2D eigenvalue weighted by atomic mass is 10.2. The van der Waals surface area contributed by atoms with Crippen molar-refractivity contribution in [2.24, 2.45) is 0 Å². The van der Waals surface area contributed by atoms with Gasteiger partial charge in [-0.3, -0.25) is 0 Å². The van der Waals surface area contributed by atoms with Crippen LogP contribution in [-0.2, 0) is 9.53 Å². The summed E-state index contributed by atoms with van der Waals surface area (Å²) in [5, 5.41) is 0.441. The molecule has 0 saturated carbocycles. The van der Waals surface area contributed by atoms with Crippen LogP contribution in [0.15, 0.2) is 46.2 Å². The highest BCUT2D eigenvalue weighted by molar-refractivity contribution is 8.03. The van der Waals surface area contributed by atoms with Gasteiger partial charge in [0.1, 0.15) is 0 Å². The third kappa shape index (κ3) is 7.26. The molecule has 0 heterocycles. The van der Waals surface area contributed by atoms with Crippen LogP contribution < -0.4 is 0 Å². The molecule has 0 bridgehead atoms. The number of thioether (sulfide) groups is 1. The van der Waals surface area contributed by atoms with Gasteiger partial charge in [-0.25, -0.2) is 4.79 Å². The van der Waals surface area contributed by atoms with Gasteiger partial charge in [-0.05, 0) is 34.9 Å². The molecule has 0 aliphatic heterocycles. The molecule has 0 radical (unpaired) electrons. The number of ether oxygens (including phenoxy) is 1. The van der Waals surface area contributed by atoms with E-state index in [1.165, 1.54) is 19.6 Å². The van der Waals surface area contributed by atoms with E-state index in [1.807, 2.05) is 18.2 Å². The van der Waals surface area contributed by atoms with Crippen molar-refractivity contribution in [1.82, 2.24) is 0 Å². The van der Waals surface area contributed by atoms with Crippen LogP contribution in [0.1, 0.15) is 40.0 Å². The Kier molecular flexibility index (Phi) is 8.30. The topological polar surface area (TPSA) is 26.3 Å². The first kappa shape index (κ1) is 21.0. The summed E-state index contributed by atoms with van der Waals surface area (Å²) in [5.74, 6) is -0.266. The fourth-order valence-electron chi connectivity index (χ4n) is 2.22. The first-order valence-corrected chi connectivity index (χ1v) is 12.7. The summed E-state index contributed by atoms with van der Waals surface area (Å²) in [4.78, 5) is 13.9. The number of carbonyl (C=O) groups is 1. The molecule has 1 rings (SSSR count). The highest BCUT2D eigenvalue weighted by atomic mass is 32.2. The van der Waals surface area contributed by atoms with Gasteiger partial charge in [-0.15, -0.1) is 0 Å². The Morgan fingerprint density at radius 2 is 1.79 bits per heavy atom. The SMILES string of the molecule is COC(=O)/C=C(/CCCC[Si](C)(C)C(C)(C)C)Sc1ccccc1. The zero-order valence-corrected chi connectivity index (χ0v) is 17.8. The molecule has 0 amide bonds. The van der Waals surface area contributed by atoms with Crippen LogP contribution in [0.3, 0.4) is 0 Å². The number of benzene rings is 1. The van der Waals surface area contributed by atoms with E-state index in [0.29, 0.717) is 5.04 Å². The monoisotopic (exact) mass is 364 g/mol. The summed E-state index contributed by atoms with van der Waals surface area (Å²) < 4.78 is 4.80. The molecular weight excluding hydrogens is 332 g/mol. The number of carbonyl (C=O) groups excluding carboxylic acids is 1. The largest absolute Gasteiger partial charge is 0.466 e. The number of hydrogen-bond donors (Lipinski definition) is 0. The Morgan fingerprint density at radius 1 is 1.17 bits per heavy atom. The van der Waals surface area contributed by atoms with Crippen LogP contribution in [0.4, 0.5) is 0 Å². The lowest BCUT2D eigenvalue weighted by molar-refractivity contribution is -0.134. The molecule has 0 spiro atoms. The molecule has 0 unspecified atom stereocenters. The van der Waals surface area contributed by atoms with Gasteiger partial charge in [0, 0.05) is 11.0 Å². The number of allylic oxidation sites excluding steroid dienone is 1. The minimum Gasteiger partial charge on any atom is -0.466 e. The van der Waals surface area contributed by atoms with E-state index < -0.39 is 8.07 Å². The Hall–Kier alpha value is -1.00. The Bertz CT molecular complexity index is 545. The summed E-state index contributed by atoms with van der Waals surface area (Å²) >= 11 is 1.67. The molecule has 0 aromatic heterocycles. The van der Waals surface area contributed by atoms with Crippen molar-refractivity contribution >= 4 is 25.8 Å². The zero-order valence-electron chi connectivity index (χ0n) is 16.0. The Labute approximate surface area is 153 Å². The maximum absolute atomic E-state index is 11.6. The number of esters is 1. The van der Waals surface area contributed by atoms with Crippen LogP contribution >= 0.6 is 11.8 Å². The van der Waals surface area contributed by atoms with Crippen LogP contribution in [0.2, 0.25) is 24.2 Å². The molecule has 4 heteroatoms.